The Kier molecular flexibility index (Phi) is 5.61. The summed E-state index contributed by atoms with van der Waals surface area (Å²) in [5.41, 5.74) is 0.828. The third kappa shape index (κ3) is 4.25. The first-order valence-corrected chi connectivity index (χ1v) is 8.60. The molecule has 0 spiro atoms. The van der Waals surface area contributed by atoms with E-state index in [1.807, 2.05) is 0 Å². The molecule has 0 radical (unpaired) electrons. The van der Waals surface area contributed by atoms with Gasteiger partial charge in [0.1, 0.15) is 11.6 Å². The summed E-state index contributed by atoms with van der Waals surface area (Å²) in [5.74, 6) is -1.49. The van der Waals surface area contributed by atoms with E-state index >= 15 is 0 Å². The van der Waals surface area contributed by atoms with Crippen molar-refractivity contribution in [2.75, 3.05) is 13.1 Å². The summed E-state index contributed by atoms with van der Waals surface area (Å²) < 4.78 is 26.6. The number of benzene rings is 2. The number of hydrogen-bond donors (Lipinski definition) is 1. The maximum atomic E-state index is 13.6. The van der Waals surface area contributed by atoms with Crippen LogP contribution in [0.4, 0.5) is 8.78 Å². The second kappa shape index (κ2) is 8.08. The fourth-order valence-corrected chi connectivity index (χ4v) is 3.12. The van der Waals surface area contributed by atoms with Gasteiger partial charge in [-0.2, -0.15) is 0 Å². The van der Waals surface area contributed by atoms with Gasteiger partial charge in [0.25, 0.3) is 5.91 Å². The highest BCUT2D eigenvalue weighted by atomic mass is 19.1. The minimum atomic E-state index is -0.398. The molecule has 1 saturated heterocycles. The number of piperidine rings is 1. The summed E-state index contributed by atoms with van der Waals surface area (Å²) in [6, 6.07) is 11.7. The molecular weight excluding hydrogens is 338 g/mol. The monoisotopic (exact) mass is 358 g/mol. The largest absolute Gasteiger partial charge is 0.352 e. The normalized spacial score (nSPS) is 17.0. The number of nitrogens with one attached hydrogen (secondary N) is 1. The summed E-state index contributed by atoms with van der Waals surface area (Å²) in [6.45, 7) is 0.987. The molecule has 3 rings (SSSR count). The molecule has 1 fully saturated rings. The Bertz CT molecular complexity index is 793. The zero-order valence-corrected chi connectivity index (χ0v) is 14.3. The van der Waals surface area contributed by atoms with Crippen molar-refractivity contribution in [3.05, 3.63) is 71.3 Å². The number of hydrogen-bond acceptors (Lipinski definition) is 2. The number of likely N-dealkylation sites (tertiary alicyclic amines) is 1. The Morgan fingerprint density at radius 3 is 2.54 bits per heavy atom. The highest BCUT2D eigenvalue weighted by Gasteiger charge is 2.28. The molecule has 0 bridgehead atoms. The van der Waals surface area contributed by atoms with Gasteiger partial charge in [-0.3, -0.25) is 9.59 Å². The van der Waals surface area contributed by atoms with Gasteiger partial charge < -0.3 is 10.2 Å². The molecule has 1 unspecified atom stereocenters. The van der Waals surface area contributed by atoms with Crippen LogP contribution in [0.25, 0.3) is 0 Å². The first-order valence-electron chi connectivity index (χ1n) is 8.60. The molecule has 0 aliphatic carbocycles. The summed E-state index contributed by atoms with van der Waals surface area (Å²) >= 11 is 0. The van der Waals surface area contributed by atoms with Crippen LogP contribution in [0.5, 0.6) is 0 Å². The lowest BCUT2D eigenvalue weighted by Crippen LogP contribution is -2.45. The highest BCUT2D eigenvalue weighted by molar-refractivity contribution is 5.94. The summed E-state index contributed by atoms with van der Waals surface area (Å²) in [6.07, 6.45) is 1.39. The van der Waals surface area contributed by atoms with Crippen LogP contribution < -0.4 is 5.32 Å². The number of carbonyl (C=O) groups excluding carboxylic acids is 2. The highest BCUT2D eigenvalue weighted by Crippen LogP contribution is 2.19. The molecule has 26 heavy (non-hydrogen) atoms. The molecule has 136 valence electrons. The van der Waals surface area contributed by atoms with E-state index in [1.165, 1.54) is 30.3 Å². The van der Waals surface area contributed by atoms with Crippen LogP contribution in [-0.4, -0.2) is 29.8 Å². The van der Waals surface area contributed by atoms with Gasteiger partial charge in [0.05, 0.1) is 5.92 Å². The van der Waals surface area contributed by atoms with Crippen molar-refractivity contribution in [3.63, 3.8) is 0 Å². The Balaban J connectivity index is 1.59. The lowest BCUT2D eigenvalue weighted by Gasteiger charge is -2.32. The molecule has 1 heterocycles. The molecule has 2 aromatic carbocycles. The van der Waals surface area contributed by atoms with Crippen molar-refractivity contribution in [1.82, 2.24) is 10.2 Å². The Morgan fingerprint density at radius 2 is 1.81 bits per heavy atom. The predicted molar refractivity (Wildman–Crippen MR) is 93.3 cm³/mol. The third-order valence-electron chi connectivity index (χ3n) is 4.58. The molecule has 1 aliphatic heterocycles. The van der Waals surface area contributed by atoms with Gasteiger partial charge in [-0.15, -0.1) is 0 Å². The third-order valence-corrected chi connectivity index (χ3v) is 4.58. The van der Waals surface area contributed by atoms with Crippen LogP contribution in [0.15, 0.2) is 48.5 Å². The minimum Gasteiger partial charge on any atom is -0.352 e. The molecule has 1 aliphatic rings. The zero-order valence-electron chi connectivity index (χ0n) is 14.3. The lowest BCUT2D eigenvalue weighted by atomic mass is 9.96. The lowest BCUT2D eigenvalue weighted by molar-refractivity contribution is -0.126. The van der Waals surface area contributed by atoms with E-state index in [2.05, 4.69) is 5.32 Å². The molecule has 4 nitrogen and oxygen atoms in total. The Morgan fingerprint density at radius 1 is 1.08 bits per heavy atom. The average Bonchev–Trinajstić information content (AvgIpc) is 2.67. The minimum absolute atomic E-state index is 0.119. The van der Waals surface area contributed by atoms with E-state index in [0.717, 1.165) is 0 Å². The zero-order chi connectivity index (χ0) is 18.5. The van der Waals surface area contributed by atoms with E-state index < -0.39 is 5.82 Å². The van der Waals surface area contributed by atoms with Gasteiger partial charge in [-0.25, -0.2) is 8.78 Å². The molecule has 0 aromatic heterocycles. The molecule has 2 amide bonds. The first-order chi connectivity index (χ1) is 12.5. The smallest absolute Gasteiger partial charge is 0.253 e. The van der Waals surface area contributed by atoms with Gasteiger partial charge in [0.15, 0.2) is 0 Å². The average molecular weight is 358 g/mol. The van der Waals surface area contributed by atoms with Crippen LogP contribution in [0, 0.1) is 17.6 Å². The molecule has 2 aromatic rings. The quantitative estimate of drug-likeness (QED) is 0.913. The van der Waals surface area contributed by atoms with Crippen molar-refractivity contribution >= 4 is 11.8 Å². The number of amides is 2. The number of halogens is 2. The SMILES string of the molecule is O=C(NCc1ccccc1F)C1CCCN(C(=O)c2ccc(F)cc2)C1. The predicted octanol–water partition coefficient (Wildman–Crippen LogP) is 3.13. The van der Waals surface area contributed by atoms with Crippen LogP contribution in [0.3, 0.4) is 0 Å². The van der Waals surface area contributed by atoms with E-state index in [9.17, 15) is 18.4 Å². The van der Waals surface area contributed by atoms with E-state index in [-0.39, 0.29) is 30.1 Å². The van der Waals surface area contributed by atoms with Crippen molar-refractivity contribution < 1.29 is 18.4 Å². The molecular formula is C20H20F2N2O2. The van der Waals surface area contributed by atoms with E-state index in [1.54, 1.807) is 23.1 Å². The fourth-order valence-electron chi connectivity index (χ4n) is 3.12. The number of nitrogens with zero attached hydrogens (tertiary/aromatic N) is 1. The van der Waals surface area contributed by atoms with Crippen molar-refractivity contribution in [3.8, 4) is 0 Å². The van der Waals surface area contributed by atoms with Crippen molar-refractivity contribution in [2.45, 2.75) is 19.4 Å². The topological polar surface area (TPSA) is 49.4 Å². The van der Waals surface area contributed by atoms with Crippen LogP contribution >= 0.6 is 0 Å². The maximum Gasteiger partial charge on any atom is 0.253 e. The Hall–Kier alpha value is -2.76. The summed E-state index contributed by atoms with van der Waals surface area (Å²) in [7, 11) is 0. The van der Waals surface area contributed by atoms with Gasteiger partial charge in [-0.05, 0) is 43.2 Å². The fraction of sp³-hybridized carbons (Fsp3) is 0.300. The van der Waals surface area contributed by atoms with Gasteiger partial charge in [-0.1, -0.05) is 18.2 Å². The van der Waals surface area contributed by atoms with E-state index in [0.29, 0.717) is 37.1 Å². The second-order valence-corrected chi connectivity index (χ2v) is 6.41. The van der Waals surface area contributed by atoms with Crippen LogP contribution in [0.1, 0.15) is 28.8 Å². The number of rotatable bonds is 4. The first kappa shape index (κ1) is 18.0. The Labute approximate surface area is 150 Å². The summed E-state index contributed by atoms with van der Waals surface area (Å²) in [5, 5.41) is 2.75. The summed E-state index contributed by atoms with van der Waals surface area (Å²) in [4.78, 5) is 26.6. The standard InChI is InChI=1S/C20H20F2N2O2/c21-17-9-7-14(8-10-17)20(26)24-11-3-5-16(13-24)19(25)23-12-15-4-1-2-6-18(15)22/h1-2,4,6-10,16H,3,5,11-13H2,(H,23,25). The molecule has 1 N–H and O–H groups in total. The molecule has 0 saturated carbocycles. The molecule has 6 heteroatoms. The van der Waals surface area contributed by atoms with Gasteiger partial charge in [0, 0.05) is 30.8 Å². The second-order valence-electron chi connectivity index (χ2n) is 6.41. The van der Waals surface area contributed by atoms with Crippen molar-refractivity contribution in [1.29, 1.82) is 0 Å². The van der Waals surface area contributed by atoms with E-state index in [4.69, 9.17) is 0 Å². The van der Waals surface area contributed by atoms with Gasteiger partial charge in [0.2, 0.25) is 5.91 Å². The van der Waals surface area contributed by atoms with Crippen molar-refractivity contribution in [2.24, 2.45) is 5.92 Å². The molecule has 1 atom stereocenters. The van der Waals surface area contributed by atoms with Gasteiger partial charge >= 0.3 is 0 Å². The van der Waals surface area contributed by atoms with Crippen LogP contribution in [-0.2, 0) is 11.3 Å². The van der Waals surface area contributed by atoms with Crippen LogP contribution in [0.2, 0.25) is 0 Å². The number of carbonyl (C=O) groups is 2. The maximum absolute atomic E-state index is 13.6.